The van der Waals surface area contributed by atoms with E-state index in [2.05, 4.69) is 72.1 Å². The molecular weight excluding hydrogens is 497 g/mol. The first-order valence-electron chi connectivity index (χ1n) is 3.97. The Morgan fingerprint density at radius 2 is 1.85 bits per heavy atom. The summed E-state index contributed by atoms with van der Waals surface area (Å²) in [6, 6.07) is 0. The number of rotatable bonds is 4. The zero-order valence-corrected chi connectivity index (χ0v) is 14.2. The van der Waals surface area contributed by atoms with E-state index in [-0.39, 0.29) is 0 Å². The molecule has 0 atom stereocenters. The SMILES string of the molecule is CCSCC[C]1[CH][CH][CH][CH]1.[I][Rh+][I]. The molecule has 0 saturated heterocycles. The van der Waals surface area contributed by atoms with Crippen molar-refractivity contribution in [2.75, 3.05) is 11.5 Å². The van der Waals surface area contributed by atoms with Crippen LogP contribution in [0.4, 0.5) is 0 Å². The first kappa shape index (κ1) is 15.4. The van der Waals surface area contributed by atoms with Crippen LogP contribution in [0, 0.1) is 31.6 Å². The Labute approximate surface area is 116 Å². The van der Waals surface area contributed by atoms with Crippen LogP contribution in [0.5, 0.6) is 0 Å². The van der Waals surface area contributed by atoms with Gasteiger partial charge in [-0.15, -0.1) is 0 Å². The molecule has 0 unspecified atom stereocenters. The van der Waals surface area contributed by atoms with Crippen LogP contribution in [-0.2, 0) is 10.1 Å². The molecule has 77 valence electrons. The van der Waals surface area contributed by atoms with Gasteiger partial charge in [0.15, 0.2) is 0 Å². The maximum absolute atomic E-state index is 2.35. The third-order valence-electron chi connectivity index (χ3n) is 1.47. The van der Waals surface area contributed by atoms with Crippen molar-refractivity contribution in [3.63, 3.8) is 0 Å². The third-order valence-corrected chi connectivity index (χ3v) is 2.37. The third kappa shape index (κ3) is 10.7. The van der Waals surface area contributed by atoms with Crippen LogP contribution >= 0.6 is 51.3 Å². The van der Waals surface area contributed by atoms with Crippen molar-refractivity contribution in [1.82, 2.24) is 0 Å². The van der Waals surface area contributed by atoms with Crippen LogP contribution in [0.2, 0.25) is 0 Å². The molecule has 1 aliphatic carbocycles. The Hall–Kier alpha value is 2.43. The van der Waals surface area contributed by atoms with Gasteiger partial charge in [-0.05, 0) is 49.5 Å². The molecule has 0 aliphatic heterocycles. The van der Waals surface area contributed by atoms with Crippen molar-refractivity contribution >= 4 is 51.3 Å². The molecule has 0 N–H and O–H groups in total. The molecule has 13 heavy (non-hydrogen) atoms. The zero-order chi connectivity index (χ0) is 9.94. The molecule has 1 rings (SSSR count). The number of halogens is 2. The van der Waals surface area contributed by atoms with E-state index in [1.807, 2.05) is 11.8 Å². The number of thioether (sulfide) groups is 1. The molecule has 0 nitrogen and oxygen atoms in total. The summed E-state index contributed by atoms with van der Waals surface area (Å²) in [5.41, 5.74) is 0. The molecule has 0 aromatic carbocycles. The predicted molar refractivity (Wildman–Crippen MR) is 76.1 cm³/mol. The predicted octanol–water partition coefficient (Wildman–Crippen LogP) is 4.30. The second-order valence-corrected chi connectivity index (χ2v) is 16.3. The second kappa shape index (κ2) is 12.5. The number of hydrogen-bond acceptors (Lipinski definition) is 1. The van der Waals surface area contributed by atoms with Gasteiger partial charge < -0.3 is 0 Å². The molecule has 5 radical (unpaired) electrons. The van der Waals surface area contributed by atoms with E-state index in [1.165, 1.54) is 23.8 Å². The van der Waals surface area contributed by atoms with Crippen LogP contribution < -0.4 is 0 Å². The summed E-state index contributed by atoms with van der Waals surface area (Å²) in [5, 5.41) is 0. The van der Waals surface area contributed by atoms with E-state index in [4.69, 9.17) is 0 Å². The van der Waals surface area contributed by atoms with E-state index in [0.29, 0.717) is 0 Å². The number of hydrogen-bond donors (Lipinski definition) is 0. The van der Waals surface area contributed by atoms with Gasteiger partial charge in [0, 0.05) is 0 Å². The van der Waals surface area contributed by atoms with Crippen molar-refractivity contribution in [2.45, 2.75) is 13.3 Å². The topological polar surface area (TPSA) is 0 Å². The quantitative estimate of drug-likeness (QED) is 0.309. The summed E-state index contributed by atoms with van der Waals surface area (Å²) in [6.45, 7) is 2.20. The minimum atomic E-state index is 0.770. The summed E-state index contributed by atoms with van der Waals surface area (Å²) >= 11 is 6.70. The normalized spacial score (nSPS) is 17.2. The molecule has 0 spiro atoms. The Balaban J connectivity index is 0.000000424. The first-order valence-corrected chi connectivity index (χ1v) is 14.9. The maximum atomic E-state index is 2.35. The summed E-state index contributed by atoms with van der Waals surface area (Å²) in [4.78, 5) is 0. The van der Waals surface area contributed by atoms with Crippen molar-refractivity contribution in [1.29, 1.82) is 0 Å². The molecule has 0 bridgehead atoms. The van der Waals surface area contributed by atoms with Gasteiger partial charge in [-0.3, -0.25) is 0 Å². The molecule has 0 amide bonds. The van der Waals surface area contributed by atoms with E-state index in [9.17, 15) is 0 Å². The van der Waals surface area contributed by atoms with Crippen molar-refractivity contribution in [3.05, 3.63) is 31.6 Å². The average molecular weight is 510 g/mol. The van der Waals surface area contributed by atoms with Gasteiger partial charge in [-0.1, -0.05) is 6.92 Å². The van der Waals surface area contributed by atoms with Crippen molar-refractivity contribution in [2.24, 2.45) is 0 Å². The van der Waals surface area contributed by atoms with E-state index in [0.717, 1.165) is 10.1 Å². The van der Waals surface area contributed by atoms with Gasteiger partial charge in [0.25, 0.3) is 0 Å². The van der Waals surface area contributed by atoms with E-state index >= 15 is 0 Å². The zero-order valence-electron chi connectivity index (χ0n) is 7.43. The monoisotopic (exact) mass is 510 g/mol. The summed E-state index contributed by atoms with van der Waals surface area (Å²) in [7, 11) is 0.770. The van der Waals surface area contributed by atoms with E-state index < -0.39 is 0 Å². The van der Waals surface area contributed by atoms with Crippen LogP contribution in [0.1, 0.15) is 13.3 Å². The Kier molecular flexibility index (Phi) is 14.8. The van der Waals surface area contributed by atoms with Crippen LogP contribution in [-0.4, -0.2) is 11.5 Å². The van der Waals surface area contributed by atoms with Crippen LogP contribution in [0.15, 0.2) is 0 Å². The fourth-order valence-electron chi connectivity index (χ4n) is 0.915. The molecule has 4 heteroatoms. The molecule has 1 aliphatic rings. The molecule has 0 aromatic heterocycles. The average Bonchev–Trinajstić information content (AvgIpc) is 2.59. The molecule has 0 aromatic rings. The van der Waals surface area contributed by atoms with Crippen LogP contribution in [0.25, 0.3) is 0 Å². The van der Waals surface area contributed by atoms with E-state index in [1.54, 1.807) is 0 Å². The molecule has 0 heterocycles. The molecular formula is C9H13I2RhS+. The fraction of sp³-hybridized carbons (Fsp3) is 0.444. The van der Waals surface area contributed by atoms with Gasteiger partial charge in [0.1, 0.15) is 0 Å². The summed E-state index contributed by atoms with van der Waals surface area (Å²) < 4.78 is 0. The molecule has 1 fully saturated rings. The van der Waals surface area contributed by atoms with Gasteiger partial charge in [0.2, 0.25) is 0 Å². The van der Waals surface area contributed by atoms with Gasteiger partial charge in [-0.2, -0.15) is 11.8 Å². The minimum absolute atomic E-state index is 0.770. The summed E-state index contributed by atoms with van der Waals surface area (Å²) in [6.07, 6.45) is 9.82. The van der Waals surface area contributed by atoms with Crippen LogP contribution in [0.3, 0.4) is 0 Å². The van der Waals surface area contributed by atoms with Crippen molar-refractivity contribution < 1.29 is 10.1 Å². The summed E-state index contributed by atoms with van der Waals surface area (Å²) in [5.74, 6) is 3.97. The fourth-order valence-corrected chi connectivity index (χ4v) is 1.58. The van der Waals surface area contributed by atoms with Crippen molar-refractivity contribution in [3.8, 4) is 0 Å². The molecule has 1 saturated carbocycles. The Morgan fingerprint density at radius 1 is 1.31 bits per heavy atom. The van der Waals surface area contributed by atoms with Gasteiger partial charge >= 0.3 is 49.6 Å². The second-order valence-electron chi connectivity index (χ2n) is 2.29. The standard InChI is InChI=1S/C9H13S.2HI.Rh/c1-2-10-8-7-9-5-3-4-6-9;;;/h3-6H,2,7-8H2,1H3;2*1H;/q;;;+3/p-2. The Morgan fingerprint density at radius 3 is 2.31 bits per heavy atom. The van der Waals surface area contributed by atoms with Gasteiger partial charge in [-0.25, -0.2) is 0 Å². The Bertz CT molecular complexity index is 97.6. The van der Waals surface area contributed by atoms with Gasteiger partial charge in [0.05, 0.1) is 0 Å². The first-order chi connectivity index (χ1) is 6.35.